The quantitative estimate of drug-likeness (QED) is 0.317. The highest BCUT2D eigenvalue weighted by atomic mass is 16.4. The van der Waals surface area contributed by atoms with Crippen molar-refractivity contribution in [1.29, 1.82) is 0 Å². The van der Waals surface area contributed by atoms with E-state index in [0.29, 0.717) is 6.42 Å². The second kappa shape index (κ2) is 9.88. The van der Waals surface area contributed by atoms with Crippen LogP contribution in [0.2, 0.25) is 0 Å². The molecule has 1 aliphatic heterocycles. The summed E-state index contributed by atoms with van der Waals surface area (Å²) in [6.07, 6.45) is 3.54. The van der Waals surface area contributed by atoms with Crippen LogP contribution in [0.1, 0.15) is 18.4 Å². The van der Waals surface area contributed by atoms with Crippen LogP contribution in [0.25, 0.3) is 10.9 Å². The molecule has 2 atom stereocenters. The van der Waals surface area contributed by atoms with Crippen LogP contribution in [-0.2, 0) is 25.6 Å². The minimum Gasteiger partial charge on any atom is -0.480 e. The van der Waals surface area contributed by atoms with Crippen LogP contribution in [0.3, 0.4) is 0 Å². The molecule has 1 aromatic heterocycles. The van der Waals surface area contributed by atoms with Crippen molar-refractivity contribution in [3.63, 3.8) is 0 Å². The Morgan fingerprint density at radius 3 is 2.67 bits per heavy atom. The molecule has 10 nitrogen and oxygen atoms in total. The second-order valence-corrected chi connectivity index (χ2v) is 7.16. The van der Waals surface area contributed by atoms with E-state index in [0.717, 1.165) is 29.4 Å². The van der Waals surface area contributed by atoms with Gasteiger partial charge in [-0.15, -0.1) is 0 Å². The molecule has 3 amide bonds. The number of rotatable bonds is 9. The molecule has 30 heavy (non-hydrogen) atoms. The van der Waals surface area contributed by atoms with Crippen LogP contribution in [0.15, 0.2) is 30.5 Å². The lowest BCUT2D eigenvalue weighted by Gasteiger charge is -2.18. The molecule has 2 unspecified atom stereocenters. The van der Waals surface area contributed by atoms with E-state index in [4.69, 9.17) is 5.11 Å². The van der Waals surface area contributed by atoms with E-state index < -0.39 is 30.4 Å². The minimum atomic E-state index is -1.18. The van der Waals surface area contributed by atoms with Gasteiger partial charge in [-0.1, -0.05) is 18.2 Å². The molecule has 1 saturated heterocycles. The highest BCUT2D eigenvalue weighted by Gasteiger charge is 2.25. The molecule has 2 heterocycles. The monoisotopic (exact) mass is 415 g/mol. The Bertz CT molecular complexity index is 935. The number of carboxylic acid groups (broad SMARTS) is 1. The zero-order valence-electron chi connectivity index (χ0n) is 16.4. The number of amides is 3. The van der Waals surface area contributed by atoms with Gasteiger partial charge in [-0.3, -0.25) is 19.2 Å². The summed E-state index contributed by atoms with van der Waals surface area (Å²) in [6.45, 7) is -0.0580. The average molecular weight is 415 g/mol. The number of aliphatic carboxylic acids is 1. The molecule has 0 saturated carbocycles. The molecule has 0 bridgehead atoms. The maximum atomic E-state index is 12.5. The molecule has 1 fully saturated rings. The van der Waals surface area contributed by atoms with Crippen molar-refractivity contribution in [2.75, 3.05) is 19.6 Å². The summed E-state index contributed by atoms with van der Waals surface area (Å²) in [5, 5.41) is 20.2. The van der Waals surface area contributed by atoms with Gasteiger partial charge in [0.2, 0.25) is 17.7 Å². The van der Waals surface area contributed by atoms with Crippen LogP contribution in [0.4, 0.5) is 0 Å². The largest absolute Gasteiger partial charge is 0.480 e. The molecule has 0 radical (unpaired) electrons. The molecule has 3 rings (SSSR count). The van der Waals surface area contributed by atoms with E-state index in [2.05, 4.69) is 26.3 Å². The summed E-state index contributed by atoms with van der Waals surface area (Å²) in [5.41, 5.74) is 1.69. The van der Waals surface area contributed by atoms with Crippen LogP contribution >= 0.6 is 0 Å². The highest BCUT2D eigenvalue weighted by molar-refractivity contribution is 5.93. The topological polar surface area (TPSA) is 152 Å². The van der Waals surface area contributed by atoms with Crippen molar-refractivity contribution in [1.82, 2.24) is 26.3 Å². The molecule has 160 valence electrons. The predicted octanol–water partition coefficient (Wildman–Crippen LogP) is -0.736. The lowest BCUT2D eigenvalue weighted by molar-refractivity contribution is -0.138. The Morgan fingerprint density at radius 2 is 1.93 bits per heavy atom. The molecule has 0 spiro atoms. The number of hydrogen-bond donors (Lipinski definition) is 6. The lowest BCUT2D eigenvalue weighted by atomic mass is 10.0. The van der Waals surface area contributed by atoms with E-state index in [-0.39, 0.29) is 24.9 Å². The summed E-state index contributed by atoms with van der Waals surface area (Å²) in [6, 6.07) is 6.23. The lowest BCUT2D eigenvalue weighted by Crippen LogP contribution is -2.52. The summed E-state index contributed by atoms with van der Waals surface area (Å²) in [4.78, 5) is 50.8. The van der Waals surface area contributed by atoms with Gasteiger partial charge in [-0.25, -0.2) is 0 Å². The van der Waals surface area contributed by atoms with Crippen molar-refractivity contribution >= 4 is 34.6 Å². The predicted molar refractivity (Wildman–Crippen MR) is 109 cm³/mol. The van der Waals surface area contributed by atoms with E-state index in [1.54, 1.807) is 6.20 Å². The molecular formula is C20H25N5O5. The molecule has 1 aromatic carbocycles. The van der Waals surface area contributed by atoms with Gasteiger partial charge in [-0.2, -0.15) is 0 Å². The summed E-state index contributed by atoms with van der Waals surface area (Å²) >= 11 is 0. The molecule has 10 heteroatoms. The van der Waals surface area contributed by atoms with E-state index in [9.17, 15) is 19.2 Å². The fraction of sp³-hybridized carbons (Fsp3) is 0.400. The van der Waals surface area contributed by atoms with E-state index in [1.807, 2.05) is 24.3 Å². The van der Waals surface area contributed by atoms with Crippen LogP contribution < -0.4 is 21.3 Å². The van der Waals surface area contributed by atoms with Gasteiger partial charge in [0.15, 0.2) is 0 Å². The van der Waals surface area contributed by atoms with Crippen molar-refractivity contribution in [3.05, 3.63) is 36.0 Å². The number of para-hydroxylation sites is 1. The van der Waals surface area contributed by atoms with Crippen LogP contribution in [-0.4, -0.2) is 65.5 Å². The summed E-state index contributed by atoms with van der Waals surface area (Å²) in [5.74, 6) is -2.58. The van der Waals surface area contributed by atoms with Crippen LogP contribution in [0.5, 0.6) is 0 Å². The van der Waals surface area contributed by atoms with Crippen molar-refractivity contribution in [2.45, 2.75) is 31.3 Å². The second-order valence-electron chi connectivity index (χ2n) is 7.16. The van der Waals surface area contributed by atoms with E-state index in [1.165, 1.54) is 0 Å². The Labute approximate surface area is 172 Å². The Morgan fingerprint density at radius 1 is 1.13 bits per heavy atom. The number of hydrogen-bond acceptors (Lipinski definition) is 5. The van der Waals surface area contributed by atoms with Crippen molar-refractivity contribution in [3.8, 4) is 0 Å². The maximum absolute atomic E-state index is 12.5. The van der Waals surface area contributed by atoms with E-state index >= 15 is 0 Å². The normalized spacial score (nSPS) is 16.7. The first-order valence-corrected chi connectivity index (χ1v) is 9.79. The fourth-order valence-corrected chi connectivity index (χ4v) is 3.46. The number of aromatic amines is 1. The number of fused-ring (bicyclic) bond motifs is 1. The molecule has 0 aliphatic carbocycles. The van der Waals surface area contributed by atoms with Gasteiger partial charge in [0.1, 0.15) is 12.6 Å². The zero-order valence-corrected chi connectivity index (χ0v) is 16.4. The number of carbonyl (C=O) groups is 4. The van der Waals surface area contributed by atoms with Crippen LogP contribution in [0, 0.1) is 0 Å². The number of carbonyl (C=O) groups excluding carboxylic acids is 3. The summed E-state index contributed by atoms with van der Waals surface area (Å²) < 4.78 is 0. The maximum Gasteiger partial charge on any atom is 0.322 e. The van der Waals surface area contributed by atoms with Crippen molar-refractivity contribution in [2.24, 2.45) is 0 Å². The van der Waals surface area contributed by atoms with Gasteiger partial charge in [0.05, 0.1) is 12.6 Å². The zero-order chi connectivity index (χ0) is 21.5. The number of H-pyrrole nitrogens is 1. The number of nitrogens with one attached hydrogen (secondary N) is 5. The average Bonchev–Trinajstić information content (AvgIpc) is 3.40. The van der Waals surface area contributed by atoms with Gasteiger partial charge < -0.3 is 31.4 Å². The molecule has 1 aliphatic rings. The Balaban J connectivity index is 1.64. The number of carboxylic acids is 1. The molecule has 2 aromatic rings. The standard InChI is InChI=1S/C20H25N5O5/c26-17(10-23-19(29)15-6-3-7-21-15)25-16(20(30)24-11-18(27)28)8-12-9-22-14-5-2-1-4-13(12)14/h1-2,4-5,9,15-16,21-22H,3,6-8,10-11H2,(H,23,29)(H,24,30)(H,25,26)(H,27,28). The van der Waals surface area contributed by atoms with Gasteiger partial charge >= 0.3 is 5.97 Å². The SMILES string of the molecule is O=C(O)CNC(=O)C(Cc1c[nH]c2ccccc12)NC(=O)CNC(=O)C1CCCN1. The first-order chi connectivity index (χ1) is 14.4. The first kappa shape index (κ1) is 21.3. The third-order valence-electron chi connectivity index (χ3n) is 4.96. The van der Waals surface area contributed by atoms with Gasteiger partial charge in [0, 0.05) is 23.5 Å². The first-order valence-electron chi connectivity index (χ1n) is 9.79. The van der Waals surface area contributed by atoms with Gasteiger partial charge in [0.25, 0.3) is 0 Å². The Hall–Kier alpha value is -3.40. The highest BCUT2D eigenvalue weighted by Crippen LogP contribution is 2.19. The minimum absolute atomic E-state index is 0.166. The molecular weight excluding hydrogens is 390 g/mol. The molecule has 6 N–H and O–H groups in total. The van der Waals surface area contributed by atoms with Gasteiger partial charge in [-0.05, 0) is 31.0 Å². The van der Waals surface area contributed by atoms with Crippen molar-refractivity contribution < 1.29 is 24.3 Å². The smallest absolute Gasteiger partial charge is 0.322 e. The Kier molecular flexibility index (Phi) is 7.02. The third kappa shape index (κ3) is 5.57. The third-order valence-corrected chi connectivity index (χ3v) is 4.96. The fourth-order valence-electron chi connectivity index (χ4n) is 3.46. The summed E-state index contributed by atoms with van der Waals surface area (Å²) in [7, 11) is 0. The number of benzene rings is 1. The number of aromatic nitrogens is 1.